The quantitative estimate of drug-likeness (QED) is 0.270. The molecule has 1 spiro atoms. The van der Waals surface area contributed by atoms with Gasteiger partial charge in [0.1, 0.15) is 11.6 Å². The van der Waals surface area contributed by atoms with E-state index >= 15 is 0 Å². The average Bonchev–Trinajstić information content (AvgIpc) is 3.49. The summed E-state index contributed by atoms with van der Waals surface area (Å²) >= 11 is 12.7. The number of ether oxygens (including phenoxy) is 1. The van der Waals surface area contributed by atoms with Crippen molar-refractivity contribution in [3.8, 4) is 17.1 Å². The van der Waals surface area contributed by atoms with Crippen LogP contribution < -0.4 is 15.0 Å². The van der Waals surface area contributed by atoms with Crippen molar-refractivity contribution in [3.05, 3.63) is 93.2 Å². The number of para-hydroxylation sites is 1. The molecule has 1 aromatic heterocycles. The number of halogens is 4. The molecule has 11 heteroatoms. The molecule has 3 heterocycles. The first-order valence-electron chi connectivity index (χ1n) is 12.4. The van der Waals surface area contributed by atoms with Crippen LogP contribution in [0.4, 0.5) is 20.2 Å². The SMILES string of the molecule is Cc1ccc(Cl)cc1N1C(=O)c2nc(-c3ccccc3OC(F)F)n(C(C)C)c2C12C(=O)Nc1cc(Cl)ccc12. The van der Waals surface area contributed by atoms with Crippen molar-refractivity contribution < 1.29 is 23.1 Å². The summed E-state index contributed by atoms with van der Waals surface area (Å²) in [5, 5.41) is 3.69. The van der Waals surface area contributed by atoms with E-state index in [1.807, 2.05) is 20.8 Å². The summed E-state index contributed by atoms with van der Waals surface area (Å²) < 4.78 is 33.2. The molecule has 0 bridgehead atoms. The van der Waals surface area contributed by atoms with E-state index in [9.17, 15) is 18.4 Å². The minimum Gasteiger partial charge on any atom is -0.434 e. The second kappa shape index (κ2) is 9.31. The number of hydrogen-bond acceptors (Lipinski definition) is 4. The van der Waals surface area contributed by atoms with E-state index in [2.05, 4.69) is 5.32 Å². The van der Waals surface area contributed by atoms with Gasteiger partial charge in [0.15, 0.2) is 11.2 Å². The lowest BCUT2D eigenvalue weighted by Crippen LogP contribution is -2.51. The maximum atomic E-state index is 14.4. The molecule has 0 fully saturated rings. The zero-order chi connectivity index (χ0) is 28.5. The second-order valence-corrected chi connectivity index (χ2v) is 10.8. The molecular formula is C29H22Cl2F2N4O3. The number of aryl methyl sites for hydroxylation is 1. The van der Waals surface area contributed by atoms with Gasteiger partial charge in [-0.05, 0) is 62.7 Å². The second-order valence-electron chi connectivity index (χ2n) is 9.90. The number of hydrogen-bond donors (Lipinski definition) is 1. The Labute approximate surface area is 238 Å². The molecule has 4 aromatic rings. The first-order chi connectivity index (χ1) is 19.0. The summed E-state index contributed by atoms with van der Waals surface area (Å²) in [5.41, 5.74) is 1.00. The highest BCUT2D eigenvalue weighted by Crippen LogP contribution is 2.55. The Balaban J connectivity index is 1.72. The van der Waals surface area contributed by atoms with Crippen LogP contribution >= 0.6 is 23.2 Å². The number of aromatic nitrogens is 2. The number of nitrogens with one attached hydrogen (secondary N) is 1. The highest BCUT2D eigenvalue weighted by atomic mass is 35.5. The molecule has 1 N–H and O–H groups in total. The molecule has 1 atom stereocenters. The zero-order valence-electron chi connectivity index (χ0n) is 21.5. The molecule has 0 radical (unpaired) electrons. The molecule has 0 aliphatic carbocycles. The van der Waals surface area contributed by atoms with Crippen LogP contribution in [0.1, 0.15) is 47.2 Å². The van der Waals surface area contributed by atoms with E-state index in [1.54, 1.807) is 59.2 Å². The van der Waals surface area contributed by atoms with Gasteiger partial charge in [-0.2, -0.15) is 8.78 Å². The summed E-state index contributed by atoms with van der Waals surface area (Å²) in [6.07, 6.45) is 0. The van der Waals surface area contributed by atoms with E-state index in [0.717, 1.165) is 0 Å². The van der Waals surface area contributed by atoms with Gasteiger partial charge in [0, 0.05) is 27.3 Å². The molecular weight excluding hydrogens is 561 g/mol. The van der Waals surface area contributed by atoms with E-state index in [4.69, 9.17) is 32.9 Å². The van der Waals surface area contributed by atoms with Gasteiger partial charge in [0.25, 0.3) is 11.8 Å². The maximum Gasteiger partial charge on any atom is 0.387 e. The van der Waals surface area contributed by atoms with Crippen molar-refractivity contribution in [2.75, 3.05) is 10.2 Å². The monoisotopic (exact) mass is 582 g/mol. The number of imidazole rings is 1. The number of fused-ring (bicyclic) bond motifs is 4. The van der Waals surface area contributed by atoms with E-state index in [1.165, 1.54) is 11.0 Å². The molecule has 2 amide bonds. The fraction of sp³-hybridized carbons (Fsp3) is 0.207. The maximum absolute atomic E-state index is 14.4. The third kappa shape index (κ3) is 3.64. The number of alkyl halides is 2. The minimum absolute atomic E-state index is 0.0212. The Bertz CT molecular complexity index is 1720. The van der Waals surface area contributed by atoms with Crippen LogP contribution in [-0.4, -0.2) is 28.0 Å². The molecule has 7 nitrogen and oxygen atoms in total. The van der Waals surface area contributed by atoms with E-state index in [-0.39, 0.29) is 28.9 Å². The summed E-state index contributed by atoms with van der Waals surface area (Å²) in [5.74, 6) is -0.898. The van der Waals surface area contributed by atoms with E-state index in [0.29, 0.717) is 38.2 Å². The van der Waals surface area contributed by atoms with Crippen LogP contribution in [0.5, 0.6) is 5.75 Å². The molecule has 0 saturated heterocycles. The van der Waals surface area contributed by atoms with Gasteiger partial charge < -0.3 is 14.6 Å². The van der Waals surface area contributed by atoms with Crippen molar-refractivity contribution in [2.24, 2.45) is 0 Å². The standard InChI is InChI=1S/C29H22Cl2F2N4O3/c1-14(2)36-24-23(35-25(36)18-6-4-5-7-22(18)40-28(32)33)26(38)37(21-13-17(31)9-8-15(21)3)29(24)19-11-10-16(30)12-20(19)34-27(29)39/h4-14,28H,1-3H3,(H,34,39). The van der Waals surface area contributed by atoms with Gasteiger partial charge >= 0.3 is 6.61 Å². The van der Waals surface area contributed by atoms with Gasteiger partial charge in [0.2, 0.25) is 0 Å². The van der Waals surface area contributed by atoms with E-state index < -0.39 is 24.0 Å². The third-order valence-electron chi connectivity index (χ3n) is 7.22. The Morgan fingerprint density at radius 1 is 1.00 bits per heavy atom. The zero-order valence-corrected chi connectivity index (χ0v) is 23.0. The molecule has 3 aromatic carbocycles. The number of carbonyl (C=O) groups excluding carboxylic acids is 2. The average molecular weight is 583 g/mol. The summed E-state index contributed by atoms with van der Waals surface area (Å²) in [6, 6.07) is 16.0. The lowest BCUT2D eigenvalue weighted by molar-refractivity contribution is -0.119. The highest BCUT2D eigenvalue weighted by molar-refractivity contribution is 6.32. The van der Waals surface area contributed by atoms with Crippen molar-refractivity contribution in [2.45, 2.75) is 39.0 Å². The van der Waals surface area contributed by atoms with Crippen molar-refractivity contribution >= 4 is 46.4 Å². The number of carbonyl (C=O) groups is 2. The summed E-state index contributed by atoms with van der Waals surface area (Å²) in [7, 11) is 0. The predicted molar refractivity (Wildman–Crippen MR) is 149 cm³/mol. The van der Waals surface area contributed by atoms with Gasteiger partial charge in [-0.25, -0.2) is 4.98 Å². The molecule has 204 valence electrons. The molecule has 1 unspecified atom stereocenters. The fourth-order valence-electron chi connectivity index (χ4n) is 5.68. The lowest BCUT2D eigenvalue weighted by Gasteiger charge is -2.36. The number of nitrogens with zero attached hydrogens (tertiary/aromatic N) is 3. The van der Waals surface area contributed by atoms with Crippen molar-refractivity contribution in [3.63, 3.8) is 0 Å². The van der Waals surface area contributed by atoms with Crippen molar-refractivity contribution in [1.29, 1.82) is 0 Å². The molecule has 40 heavy (non-hydrogen) atoms. The number of rotatable bonds is 5. The molecule has 2 aliphatic rings. The van der Waals surface area contributed by atoms with Gasteiger partial charge in [-0.15, -0.1) is 0 Å². The summed E-state index contributed by atoms with van der Waals surface area (Å²) in [4.78, 5) is 34.8. The third-order valence-corrected chi connectivity index (χ3v) is 7.69. The highest BCUT2D eigenvalue weighted by Gasteiger charge is 2.64. The summed E-state index contributed by atoms with van der Waals surface area (Å²) in [6.45, 7) is 2.48. The smallest absolute Gasteiger partial charge is 0.387 e. The first kappa shape index (κ1) is 26.3. The van der Waals surface area contributed by atoms with Crippen LogP contribution in [-0.2, 0) is 10.3 Å². The van der Waals surface area contributed by atoms with Crippen LogP contribution in [0, 0.1) is 6.92 Å². The number of anilines is 2. The Morgan fingerprint density at radius 2 is 1.70 bits per heavy atom. The fourth-order valence-corrected chi connectivity index (χ4v) is 6.01. The molecule has 2 aliphatic heterocycles. The molecule has 0 saturated carbocycles. The van der Waals surface area contributed by atoms with Gasteiger partial charge in [0.05, 0.1) is 16.9 Å². The van der Waals surface area contributed by atoms with Crippen LogP contribution in [0.15, 0.2) is 60.7 Å². The Morgan fingerprint density at radius 3 is 2.42 bits per heavy atom. The number of amides is 2. The van der Waals surface area contributed by atoms with Crippen LogP contribution in [0.2, 0.25) is 10.0 Å². The lowest BCUT2D eigenvalue weighted by atomic mass is 9.86. The first-order valence-corrected chi connectivity index (χ1v) is 13.2. The minimum atomic E-state index is -3.07. The largest absolute Gasteiger partial charge is 0.434 e. The van der Waals surface area contributed by atoms with Gasteiger partial charge in [-0.3, -0.25) is 14.5 Å². The molecule has 6 rings (SSSR count). The Kier molecular flexibility index (Phi) is 6.12. The number of benzene rings is 3. The predicted octanol–water partition coefficient (Wildman–Crippen LogP) is 7.20. The van der Waals surface area contributed by atoms with Gasteiger partial charge in [-0.1, -0.05) is 47.5 Å². The van der Waals surface area contributed by atoms with Crippen LogP contribution in [0.25, 0.3) is 11.4 Å². The topological polar surface area (TPSA) is 76.5 Å². The van der Waals surface area contributed by atoms with Crippen LogP contribution in [0.3, 0.4) is 0 Å². The normalized spacial score (nSPS) is 17.7. The Hall–Kier alpha value is -3.95. The van der Waals surface area contributed by atoms with Crippen molar-refractivity contribution in [1.82, 2.24) is 9.55 Å².